The van der Waals surface area contributed by atoms with Crippen LogP contribution < -0.4 is 25.3 Å². The first-order valence-electron chi connectivity index (χ1n) is 9.96. The monoisotopic (exact) mass is 401 g/mol. The smallest absolute Gasteiger partial charge is 0.160 e. The number of aromatic nitrogens is 1. The minimum atomic E-state index is 0.125. The Morgan fingerprint density at radius 2 is 2.18 bits per heavy atom. The third-order valence-electron chi connectivity index (χ3n) is 5.75. The highest BCUT2D eigenvalue weighted by molar-refractivity contribution is 8.02. The summed E-state index contributed by atoms with van der Waals surface area (Å²) in [5.74, 6) is 2.95. The average molecular weight is 402 g/mol. The second kappa shape index (κ2) is 8.13. The number of pyridine rings is 1. The van der Waals surface area contributed by atoms with Gasteiger partial charge in [0.1, 0.15) is 17.1 Å². The third-order valence-corrected chi connectivity index (χ3v) is 6.57. The van der Waals surface area contributed by atoms with Crippen LogP contribution in [0.25, 0.3) is 0 Å². The van der Waals surface area contributed by atoms with Gasteiger partial charge in [-0.3, -0.25) is 0 Å². The number of anilines is 3. The van der Waals surface area contributed by atoms with Crippen molar-refractivity contribution in [2.45, 2.75) is 24.4 Å². The molecule has 0 spiro atoms. The Balaban J connectivity index is 1.59. The van der Waals surface area contributed by atoms with E-state index in [-0.39, 0.29) is 5.50 Å². The van der Waals surface area contributed by atoms with Crippen molar-refractivity contribution in [1.29, 1.82) is 0 Å². The molecule has 4 heterocycles. The van der Waals surface area contributed by atoms with Crippen LogP contribution in [0.5, 0.6) is 0 Å². The molecule has 2 atom stereocenters. The van der Waals surface area contributed by atoms with Crippen molar-refractivity contribution in [3.05, 3.63) is 36.1 Å². The minimum absolute atomic E-state index is 0.125. The molecular formula is C20H31N7S. The van der Waals surface area contributed by atoms with Gasteiger partial charge in [-0.15, -0.1) is 0 Å². The molecule has 1 unspecified atom stereocenters. The van der Waals surface area contributed by atoms with Gasteiger partial charge in [0.2, 0.25) is 0 Å². The highest BCUT2D eigenvalue weighted by Crippen LogP contribution is 2.34. The molecule has 2 N–H and O–H groups in total. The molecule has 1 aromatic rings. The Morgan fingerprint density at radius 3 is 2.89 bits per heavy atom. The van der Waals surface area contributed by atoms with Crippen molar-refractivity contribution >= 4 is 29.1 Å². The van der Waals surface area contributed by atoms with Crippen LogP contribution in [0, 0.1) is 0 Å². The van der Waals surface area contributed by atoms with E-state index in [0.717, 1.165) is 55.7 Å². The summed E-state index contributed by atoms with van der Waals surface area (Å²) < 4.78 is 0. The fourth-order valence-corrected chi connectivity index (χ4v) is 4.69. The molecule has 0 radical (unpaired) electrons. The molecule has 0 saturated carbocycles. The van der Waals surface area contributed by atoms with Crippen molar-refractivity contribution in [3.8, 4) is 0 Å². The van der Waals surface area contributed by atoms with Crippen LogP contribution in [0.3, 0.4) is 0 Å². The topological polar surface area (TPSA) is 49.9 Å². The molecule has 7 nitrogen and oxygen atoms in total. The number of rotatable bonds is 5. The van der Waals surface area contributed by atoms with Crippen LogP contribution in [0.1, 0.15) is 12.8 Å². The van der Waals surface area contributed by atoms with Gasteiger partial charge in [0.25, 0.3) is 0 Å². The summed E-state index contributed by atoms with van der Waals surface area (Å²) >= 11 is 1.71. The van der Waals surface area contributed by atoms with Crippen molar-refractivity contribution in [3.63, 3.8) is 0 Å². The van der Waals surface area contributed by atoms with Gasteiger partial charge in [-0.2, -0.15) is 0 Å². The van der Waals surface area contributed by atoms with E-state index in [4.69, 9.17) is 4.98 Å². The first-order chi connectivity index (χ1) is 13.5. The van der Waals surface area contributed by atoms with Crippen LogP contribution in [0.4, 0.5) is 17.3 Å². The fraction of sp³-hybridized carbons (Fsp3) is 0.550. The van der Waals surface area contributed by atoms with Gasteiger partial charge in [-0.1, -0.05) is 18.3 Å². The Morgan fingerprint density at radius 1 is 1.32 bits per heavy atom. The second-order valence-electron chi connectivity index (χ2n) is 7.87. The lowest BCUT2D eigenvalue weighted by Gasteiger charge is -2.30. The van der Waals surface area contributed by atoms with Gasteiger partial charge < -0.3 is 30.2 Å². The number of nitrogens with one attached hydrogen (secondary N) is 2. The van der Waals surface area contributed by atoms with E-state index in [0.29, 0.717) is 6.04 Å². The maximum atomic E-state index is 5.12. The summed E-state index contributed by atoms with van der Waals surface area (Å²) in [6, 6.07) is 4.98. The molecular weight excluding hydrogens is 370 g/mol. The van der Waals surface area contributed by atoms with Crippen molar-refractivity contribution in [2.75, 3.05) is 62.0 Å². The summed E-state index contributed by atoms with van der Waals surface area (Å²) in [5.41, 5.74) is 1.29. The summed E-state index contributed by atoms with van der Waals surface area (Å²) in [6.45, 7) is 8.33. The zero-order chi connectivity index (χ0) is 19.7. The molecule has 1 saturated heterocycles. The van der Waals surface area contributed by atoms with Gasteiger partial charge in [0, 0.05) is 45.5 Å². The quantitative estimate of drug-likeness (QED) is 0.777. The summed E-state index contributed by atoms with van der Waals surface area (Å²) in [6.07, 6.45) is 4.21. The molecule has 1 aromatic heterocycles. The van der Waals surface area contributed by atoms with Crippen LogP contribution in [0.2, 0.25) is 0 Å². The van der Waals surface area contributed by atoms with Crippen LogP contribution in [-0.4, -0.2) is 68.7 Å². The lowest BCUT2D eigenvalue weighted by Crippen LogP contribution is -2.40. The van der Waals surface area contributed by atoms with Gasteiger partial charge in [0.15, 0.2) is 5.82 Å². The Kier molecular flexibility index (Phi) is 5.59. The molecule has 3 aliphatic rings. The minimum Gasteiger partial charge on any atom is -0.372 e. The Hall–Kier alpha value is -2.06. The number of hydrogen-bond acceptors (Lipinski definition) is 8. The highest BCUT2D eigenvalue weighted by atomic mass is 32.2. The Bertz CT molecular complexity index is 742. The third kappa shape index (κ3) is 3.89. The lowest BCUT2D eigenvalue weighted by atomic mass is 10.2. The molecule has 4 rings (SSSR count). The van der Waals surface area contributed by atoms with Crippen molar-refractivity contribution < 1.29 is 0 Å². The number of thioether (sulfide) groups is 1. The lowest BCUT2D eigenvalue weighted by molar-refractivity contribution is 0.315. The molecule has 3 aliphatic heterocycles. The summed E-state index contributed by atoms with van der Waals surface area (Å²) in [4.78, 5) is 14.4. The average Bonchev–Trinajstić information content (AvgIpc) is 3.33. The zero-order valence-corrected chi connectivity index (χ0v) is 17.9. The van der Waals surface area contributed by atoms with Crippen molar-refractivity contribution in [1.82, 2.24) is 20.5 Å². The van der Waals surface area contributed by atoms with Crippen LogP contribution in [-0.2, 0) is 0 Å². The zero-order valence-electron chi connectivity index (χ0n) is 17.1. The predicted octanol–water partition coefficient (Wildman–Crippen LogP) is 2.02. The first-order valence-corrected chi connectivity index (χ1v) is 10.9. The van der Waals surface area contributed by atoms with Crippen molar-refractivity contribution in [2.24, 2.45) is 0 Å². The van der Waals surface area contributed by atoms with Gasteiger partial charge >= 0.3 is 0 Å². The van der Waals surface area contributed by atoms with E-state index in [9.17, 15) is 0 Å². The molecule has 1 fully saturated rings. The fourth-order valence-electron chi connectivity index (χ4n) is 4.02. The normalized spacial score (nSPS) is 24.4. The highest BCUT2D eigenvalue weighted by Gasteiger charge is 2.28. The van der Waals surface area contributed by atoms with Gasteiger partial charge in [-0.05, 0) is 44.5 Å². The van der Waals surface area contributed by atoms with Gasteiger partial charge in [0.05, 0.1) is 5.69 Å². The second-order valence-corrected chi connectivity index (χ2v) is 8.88. The van der Waals surface area contributed by atoms with E-state index in [1.165, 1.54) is 6.42 Å². The van der Waals surface area contributed by atoms with E-state index < -0.39 is 0 Å². The first kappa shape index (κ1) is 19.3. The summed E-state index contributed by atoms with van der Waals surface area (Å²) in [7, 11) is 6.47. The molecule has 0 amide bonds. The van der Waals surface area contributed by atoms with E-state index in [1.807, 2.05) is 6.20 Å². The SMILES string of the molecule is C=C(NC1NC=CS1)N1CCCN(C)c2ccc(N3CC[C@H](N(C)C)C3)nc21. The summed E-state index contributed by atoms with van der Waals surface area (Å²) in [5, 5.41) is 8.83. The Labute approximate surface area is 172 Å². The van der Waals surface area contributed by atoms with E-state index in [1.54, 1.807) is 11.8 Å². The maximum absolute atomic E-state index is 5.12. The molecule has 8 heteroatoms. The number of hydrogen-bond donors (Lipinski definition) is 2. The number of nitrogens with zero attached hydrogens (tertiary/aromatic N) is 5. The standard InChI is InChI=1S/C20H31N7S/c1-15(22-20-21-9-13-28-20)27-11-5-10-25(4)17-6-7-18(23-19(17)27)26-12-8-16(14-26)24(2)3/h6-7,9,13,16,20-22H,1,5,8,10-12,14H2,2-4H3/t16-,20?/m0/s1. The predicted molar refractivity (Wildman–Crippen MR) is 120 cm³/mol. The molecule has 0 bridgehead atoms. The van der Waals surface area contributed by atoms with Crippen LogP contribution >= 0.6 is 11.8 Å². The molecule has 0 aliphatic carbocycles. The molecule has 152 valence electrons. The van der Waals surface area contributed by atoms with E-state index >= 15 is 0 Å². The molecule has 0 aromatic carbocycles. The maximum Gasteiger partial charge on any atom is 0.160 e. The largest absolute Gasteiger partial charge is 0.372 e. The number of likely N-dealkylation sites (N-methyl/N-ethyl adjacent to an activating group) is 1. The van der Waals surface area contributed by atoms with Crippen LogP contribution in [0.15, 0.2) is 36.1 Å². The molecule has 28 heavy (non-hydrogen) atoms. The van der Waals surface area contributed by atoms with Gasteiger partial charge in [-0.25, -0.2) is 4.98 Å². The number of fused-ring (bicyclic) bond motifs is 1. The van der Waals surface area contributed by atoms with E-state index in [2.05, 4.69) is 75.5 Å².